The van der Waals surface area contributed by atoms with Gasteiger partial charge in [-0.25, -0.2) is 9.78 Å². The molecule has 0 saturated carbocycles. The van der Waals surface area contributed by atoms with Gasteiger partial charge in [-0.1, -0.05) is 15.9 Å². The second-order valence-electron chi connectivity index (χ2n) is 3.49. The Kier molecular flexibility index (Phi) is 4.59. The number of carboxylic acids is 1. The van der Waals surface area contributed by atoms with Crippen LogP contribution < -0.4 is 4.74 Å². The van der Waals surface area contributed by atoms with Crippen molar-refractivity contribution in [1.82, 2.24) is 4.98 Å². The summed E-state index contributed by atoms with van der Waals surface area (Å²) in [4.78, 5) is 15.1. The zero-order valence-electron chi connectivity index (χ0n) is 9.23. The molecule has 4 nitrogen and oxygen atoms in total. The molecule has 19 heavy (non-hydrogen) atoms. The number of pyridine rings is 1. The molecule has 0 aliphatic rings. The summed E-state index contributed by atoms with van der Waals surface area (Å²) in [5, 5.41) is 9.12. The van der Waals surface area contributed by atoms with Gasteiger partial charge in [-0.05, 0) is 56.1 Å². The van der Waals surface area contributed by atoms with Gasteiger partial charge in [-0.3, -0.25) is 0 Å². The maximum absolute atomic E-state index is 11.1. The first-order valence-electron chi connectivity index (χ1n) is 4.99. The number of nitrogens with zero attached hydrogens (tertiary/aromatic N) is 1. The molecule has 2 aromatic rings. The molecule has 0 spiro atoms. The van der Waals surface area contributed by atoms with Crippen LogP contribution in [0.25, 0.3) is 0 Å². The van der Waals surface area contributed by atoms with Gasteiger partial charge in [0.15, 0.2) is 0 Å². The van der Waals surface area contributed by atoms with Crippen LogP contribution in [0.4, 0.5) is 0 Å². The number of aromatic carboxylic acids is 1. The molecule has 0 aliphatic carbocycles. The quantitative estimate of drug-likeness (QED) is 0.724. The van der Waals surface area contributed by atoms with Gasteiger partial charge in [0, 0.05) is 15.1 Å². The standard InChI is InChI=1S/C12H6Br3NO3/c13-6-1-2-10(9(15)4-6)19-11-8(12(17)18)3-7(14)5-16-11/h1-5H,(H,17,18). The van der Waals surface area contributed by atoms with E-state index in [2.05, 4.69) is 52.8 Å². The largest absolute Gasteiger partial charge is 0.477 e. The van der Waals surface area contributed by atoms with Gasteiger partial charge in [0.25, 0.3) is 0 Å². The molecule has 0 atom stereocenters. The first kappa shape index (κ1) is 14.5. The van der Waals surface area contributed by atoms with E-state index in [1.807, 2.05) is 0 Å². The Hall–Kier alpha value is -0.920. The van der Waals surface area contributed by atoms with Crippen LogP contribution in [-0.2, 0) is 0 Å². The van der Waals surface area contributed by atoms with Gasteiger partial charge in [-0.15, -0.1) is 0 Å². The van der Waals surface area contributed by atoms with Crippen LogP contribution in [0.3, 0.4) is 0 Å². The number of aromatic nitrogens is 1. The molecule has 0 amide bonds. The van der Waals surface area contributed by atoms with Crippen molar-refractivity contribution in [3.63, 3.8) is 0 Å². The van der Waals surface area contributed by atoms with Crippen LogP contribution in [0.15, 0.2) is 43.9 Å². The highest BCUT2D eigenvalue weighted by atomic mass is 79.9. The minimum atomic E-state index is -1.10. The molecule has 0 fully saturated rings. The van der Waals surface area contributed by atoms with Gasteiger partial charge < -0.3 is 9.84 Å². The topological polar surface area (TPSA) is 59.4 Å². The Labute approximate surface area is 134 Å². The van der Waals surface area contributed by atoms with Crippen molar-refractivity contribution in [2.45, 2.75) is 0 Å². The second kappa shape index (κ2) is 6.02. The fourth-order valence-electron chi connectivity index (χ4n) is 1.32. The smallest absolute Gasteiger partial charge is 0.341 e. The molecule has 0 saturated heterocycles. The van der Waals surface area contributed by atoms with Crippen molar-refractivity contribution in [2.24, 2.45) is 0 Å². The van der Waals surface area contributed by atoms with E-state index in [1.165, 1.54) is 12.3 Å². The van der Waals surface area contributed by atoms with E-state index in [-0.39, 0.29) is 11.4 Å². The third kappa shape index (κ3) is 3.55. The van der Waals surface area contributed by atoms with Crippen LogP contribution in [0.5, 0.6) is 11.6 Å². The average Bonchev–Trinajstić information content (AvgIpc) is 2.34. The Morgan fingerprint density at radius 1 is 1.16 bits per heavy atom. The molecule has 98 valence electrons. The van der Waals surface area contributed by atoms with E-state index in [9.17, 15) is 4.79 Å². The zero-order chi connectivity index (χ0) is 14.0. The summed E-state index contributed by atoms with van der Waals surface area (Å²) < 4.78 is 7.69. The summed E-state index contributed by atoms with van der Waals surface area (Å²) in [5.41, 5.74) is -0.0100. The van der Waals surface area contributed by atoms with Gasteiger partial charge in [0.05, 0.1) is 4.47 Å². The van der Waals surface area contributed by atoms with Crippen molar-refractivity contribution >= 4 is 53.8 Å². The molecule has 0 unspecified atom stereocenters. The molecule has 7 heteroatoms. The molecular weight excluding hydrogens is 446 g/mol. The van der Waals surface area contributed by atoms with E-state index in [0.29, 0.717) is 14.7 Å². The number of hydrogen-bond donors (Lipinski definition) is 1. The number of rotatable bonds is 3. The third-order valence-corrected chi connectivity index (χ3v) is 3.70. The summed E-state index contributed by atoms with van der Waals surface area (Å²) in [6.45, 7) is 0. The van der Waals surface area contributed by atoms with Crippen LogP contribution in [0, 0.1) is 0 Å². The summed E-state index contributed by atoms with van der Waals surface area (Å²) in [6, 6.07) is 6.75. The fourth-order valence-corrected chi connectivity index (χ4v) is 2.78. The molecule has 1 aromatic carbocycles. The number of carbonyl (C=O) groups is 1. The SMILES string of the molecule is O=C(O)c1cc(Br)cnc1Oc1ccc(Br)cc1Br. The number of hydrogen-bond acceptors (Lipinski definition) is 3. The lowest BCUT2D eigenvalue weighted by atomic mass is 10.3. The van der Waals surface area contributed by atoms with Crippen molar-refractivity contribution in [3.05, 3.63) is 49.4 Å². The molecule has 1 N–H and O–H groups in total. The van der Waals surface area contributed by atoms with Crippen LogP contribution in [-0.4, -0.2) is 16.1 Å². The van der Waals surface area contributed by atoms with Crippen LogP contribution in [0.1, 0.15) is 10.4 Å². The van der Waals surface area contributed by atoms with Crippen LogP contribution >= 0.6 is 47.8 Å². The summed E-state index contributed by atoms with van der Waals surface area (Å²) >= 11 is 9.85. The number of benzene rings is 1. The average molecular weight is 452 g/mol. The van der Waals surface area contributed by atoms with Gasteiger partial charge in [-0.2, -0.15) is 0 Å². The Morgan fingerprint density at radius 3 is 2.53 bits per heavy atom. The van der Waals surface area contributed by atoms with Crippen molar-refractivity contribution in [3.8, 4) is 11.6 Å². The predicted octanol–water partition coefficient (Wildman–Crippen LogP) is 4.86. The molecular formula is C12H6Br3NO3. The molecule has 0 aliphatic heterocycles. The highest BCUT2D eigenvalue weighted by molar-refractivity contribution is 9.11. The summed E-state index contributed by atoms with van der Waals surface area (Å²) in [6.07, 6.45) is 1.48. The monoisotopic (exact) mass is 449 g/mol. The highest BCUT2D eigenvalue weighted by Gasteiger charge is 2.15. The molecule has 0 radical (unpaired) electrons. The van der Waals surface area contributed by atoms with Crippen LogP contribution in [0.2, 0.25) is 0 Å². The number of ether oxygens (including phenoxy) is 1. The fraction of sp³-hybridized carbons (Fsp3) is 0. The second-order valence-corrected chi connectivity index (χ2v) is 6.17. The van der Waals surface area contributed by atoms with Gasteiger partial charge in [0.2, 0.25) is 5.88 Å². The first-order chi connectivity index (χ1) is 8.97. The molecule has 2 rings (SSSR count). The van der Waals surface area contributed by atoms with E-state index in [4.69, 9.17) is 9.84 Å². The lowest BCUT2D eigenvalue weighted by Crippen LogP contribution is -2.02. The van der Waals surface area contributed by atoms with E-state index >= 15 is 0 Å². The zero-order valence-corrected chi connectivity index (χ0v) is 14.0. The lowest BCUT2D eigenvalue weighted by Gasteiger charge is -2.09. The molecule has 1 aromatic heterocycles. The van der Waals surface area contributed by atoms with E-state index in [1.54, 1.807) is 18.2 Å². The number of carboxylic acid groups (broad SMARTS) is 1. The third-order valence-electron chi connectivity index (χ3n) is 2.15. The Balaban J connectivity index is 2.40. The predicted molar refractivity (Wildman–Crippen MR) is 80.8 cm³/mol. The van der Waals surface area contributed by atoms with Gasteiger partial charge in [0.1, 0.15) is 11.3 Å². The van der Waals surface area contributed by atoms with Crippen molar-refractivity contribution in [2.75, 3.05) is 0 Å². The number of halogens is 3. The summed E-state index contributed by atoms with van der Waals surface area (Å²) in [7, 11) is 0. The highest BCUT2D eigenvalue weighted by Crippen LogP contribution is 2.33. The van der Waals surface area contributed by atoms with E-state index in [0.717, 1.165) is 4.47 Å². The Morgan fingerprint density at radius 2 is 1.89 bits per heavy atom. The molecule has 1 heterocycles. The minimum absolute atomic E-state index is 0.0100. The van der Waals surface area contributed by atoms with E-state index < -0.39 is 5.97 Å². The van der Waals surface area contributed by atoms with Crippen molar-refractivity contribution < 1.29 is 14.6 Å². The van der Waals surface area contributed by atoms with Crippen molar-refractivity contribution in [1.29, 1.82) is 0 Å². The lowest BCUT2D eigenvalue weighted by molar-refractivity contribution is 0.0693. The first-order valence-corrected chi connectivity index (χ1v) is 7.37. The minimum Gasteiger partial charge on any atom is -0.477 e. The van der Waals surface area contributed by atoms with Gasteiger partial charge >= 0.3 is 5.97 Å². The summed E-state index contributed by atoms with van der Waals surface area (Å²) in [5.74, 6) is -0.573. The maximum atomic E-state index is 11.1. The normalized spacial score (nSPS) is 10.3. The maximum Gasteiger partial charge on any atom is 0.341 e. The Bertz CT molecular complexity index is 646. The molecule has 0 bridgehead atoms.